The number of nitrogens with zero attached hydrogens (tertiary/aromatic N) is 3. The van der Waals surface area contributed by atoms with Crippen molar-refractivity contribution in [2.24, 2.45) is 4.99 Å². The number of methoxy groups -OCH3 is 2. The number of ether oxygens (including phenoxy) is 2. The van der Waals surface area contributed by atoms with Gasteiger partial charge in [-0.05, 0) is 48.4 Å². The molecule has 0 radical (unpaired) electrons. The molecule has 0 fully saturated rings. The van der Waals surface area contributed by atoms with E-state index in [9.17, 15) is 19.7 Å². The van der Waals surface area contributed by atoms with Crippen molar-refractivity contribution in [2.45, 2.75) is 13.0 Å². The normalized spacial score (nSPS) is 15.6. The molecule has 0 saturated carbocycles. The summed E-state index contributed by atoms with van der Waals surface area (Å²) in [4.78, 5) is 41.4. The third-order valence-corrected chi connectivity index (χ3v) is 6.24. The van der Waals surface area contributed by atoms with E-state index < -0.39 is 16.9 Å². The summed E-state index contributed by atoms with van der Waals surface area (Å²) in [6.45, 7) is 1.70. The molecule has 1 aliphatic rings. The molecule has 0 saturated heterocycles. The van der Waals surface area contributed by atoms with E-state index in [1.165, 1.54) is 35.1 Å². The first kappa shape index (κ1) is 22.2. The van der Waals surface area contributed by atoms with Crippen LogP contribution in [-0.2, 0) is 9.53 Å². The summed E-state index contributed by atoms with van der Waals surface area (Å²) in [6.07, 6.45) is 1.65. The van der Waals surface area contributed by atoms with Crippen molar-refractivity contribution in [3.8, 4) is 5.75 Å². The third-order valence-electron chi connectivity index (χ3n) is 5.26. The summed E-state index contributed by atoms with van der Waals surface area (Å²) in [5.41, 5.74) is 1.71. The number of hydrogen-bond acceptors (Lipinski definition) is 8. The van der Waals surface area contributed by atoms with E-state index in [-0.39, 0.29) is 16.8 Å². The Hall–Kier alpha value is -4.05. The predicted octanol–water partition coefficient (Wildman–Crippen LogP) is 2.33. The molecule has 3 aromatic rings. The number of rotatable bonds is 5. The Bertz CT molecular complexity index is 1450. The molecular weight excluding hydrogens is 446 g/mol. The summed E-state index contributed by atoms with van der Waals surface area (Å²) >= 11 is 1.18. The Balaban J connectivity index is 1.90. The summed E-state index contributed by atoms with van der Waals surface area (Å²) in [7, 11) is 2.84. The zero-order chi connectivity index (χ0) is 23.7. The van der Waals surface area contributed by atoms with Crippen LogP contribution < -0.4 is 19.6 Å². The van der Waals surface area contributed by atoms with Crippen LogP contribution in [0, 0.1) is 10.1 Å². The number of fused-ring (bicyclic) bond motifs is 1. The zero-order valence-corrected chi connectivity index (χ0v) is 18.8. The third kappa shape index (κ3) is 4.08. The number of benzene rings is 2. The number of aromatic nitrogens is 1. The Morgan fingerprint density at radius 3 is 2.39 bits per heavy atom. The van der Waals surface area contributed by atoms with Crippen LogP contribution in [0.1, 0.15) is 24.1 Å². The minimum absolute atomic E-state index is 0.0357. The van der Waals surface area contributed by atoms with Gasteiger partial charge in [-0.3, -0.25) is 19.5 Å². The molecule has 33 heavy (non-hydrogen) atoms. The van der Waals surface area contributed by atoms with Crippen molar-refractivity contribution in [1.82, 2.24) is 4.57 Å². The van der Waals surface area contributed by atoms with Crippen LogP contribution in [0.15, 0.2) is 69.6 Å². The van der Waals surface area contributed by atoms with Gasteiger partial charge in [-0.15, -0.1) is 0 Å². The lowest BCUT2D eigenvalue weighted by molar-refractivity contribution is -0.384. The van der Waals surface area contributed by atoms with Gasteiger partial charge in [0.25, 0.3) is 11.2 Å². The quantitative estimate of drug-likeness (QED) is 0.325. The van der Waals surface area contributed by atoms with Crippen LogP contribution in [0.4, 0.5) is 5.69 Å². The highest BCUT2D eigenvalue weighted by Gasteiger charge is 2.33. The highest BCUT2D eigenvalue weighted by molar-refractivity contribution is 7.07. The van der Waals surface area contributed by atoms with Crippen molar-refractivity contribution in [3.05, 3.63) is 101 Å². The molecule has 2 heterocycles. The minimum atomic E-state index is -0.724. The molecule has 0 unspecified atom stereocenters. The molecule has 0 spiro atoms. The maximum Gasteiger partial charge on any atom is 0.338 e. The SMILES string of the molecule is COC(=O)C1=C(C)N=c2sc(=Cc3ccc([N+](=O)[O-])cc3)c(=O)n2[C@H]1c1ccc(OC)cc1. The molecule has 1 atom stereocenters. The van der Waals surface area contributed by atoms with Gasteiger partial charge in [-0.25, -0.2) is 9.79 Å². The van der Waals surface area contributed by atoms with Crippen molar-refractivity contribution >= 4 is 29.1 Å². The Labute approximate surface area is 191 Å². The largest absolute Gasteiger partial charge is 0.497 e. The van der Waals surface area contributed by atoms with E-state index in [0.29, 0.717) is 31.9 Å². The van der Waals surface area contributed by atoms with E-state index in [1.807, 2.05) is 0 Å². The van der Waals surface area contributed by atoms with Gasteiger partial charge in [-0.1, -0.05) is 23.5 Å². The Morgan fingerprint density at radius 1 is 1.15 bits per heavy atom. The van der Waals surface area contributed by atoms with Crippen LogP contribution in [0.5, 0.6) is 5.75 Å². The average molecular weight is 465 g/mol. The molecule has 0 amide bonds. The fourth-order valence-electron chi connectivity index (χ4n) is 3.64. The minimum Gasteiger partial charge on any atom is -0.497 e. The summed E-state index contributed by atoms with van der Waals surface area (Å²) in [5.74, 6) is 0.0753. The smallest absolute Gasteiger partial charge is 0.338 e. The van der Waals surface area contributed by atoms with Crippen LogP contribution in [-0.4, -0.2) is 29.7 Å². The van der Waals surface area contributed by atoms with Crippen molar-refractivity contribution < 1.29 is 19.2 Å². The summed E-state index contributed by atoms with van der Waals surface area (Å²) < 4.78 is 12.1. The lowest BCUT2D eigenvalue weighted by Gasteiger charge is -2.24. The highest BCUT2D eigenvalue weighted by Crippen LogP contribution is 2.31. The monoisotopic (exact) mass is 465 g/mol. The van der Waals surface area contributed by atoms with Gasteiger partial charge in [0.1, 0.15) is 5.75 Å². The number of hydrogen-bond donors (Lipinski definition) is 0. The van der Waals surface area contributed by atoms with Crippen molar-refractivity contribution in [3.63, 3.8) is 0 Å². The standard InChI is InChI=1S/C23H19N3O6S/c1-13-19(22(28)32-3)20(15-6-10-17(31-2)11-7-15)25-21(27)18(33-23(25)24-13)12-14-4-8-16(9-5-14)26(29)30/h4-12,20H,1-3H3/t20-/m0/s1. The number of nitro groups is 1. The lowest BCUT2D eigenvalue weighted by atomic mass is 9.96. The second-order valence-electron chi connectivity index (χ2n) is 7.20. The first-order chi connectivity index (χ1) is 15.8. The lowest BCUT2D eigenvalue weighted by Crippen LogP contribution is -2.39. The molecule has 4 rings (SSSR count). The molecule has 1 aliphatic heterocycles. The van der Waals surface area contributed by atoms with Crippen LogP contribution in [0.3, 0.4) is 0 Å². The van der Waals surface area contributed by atoms with Gasteiger partial charge in [0.05, 0.1) is 41.0 Å². The summed E-state index contributed by atoms with van der Waals surface area (Å²) in [6, 6.07) is 12.3. The summed E-state index contributed by atoms with van der Waals surface area (Å²) in [5, 5.41) is 10.9. The van der Waals surface area contributed by atoms with E-state index in [1.54, 1.807) is 56.5 Å². The number of carbonyl (C=O) groups is 1. The number of allylic oxidation sites excluding steroid dienone is 1. The van der Waals surface area contributed by atoms with E-state index in [0.717, 1.165) is 0 Å². The number of carbonyl (C=O) groups excluding carboxylic acids is 1. The number of esters is 1. The Morgan fingerprint density at radius 2 is 1.82 bits per heavy atom. The predicted molar refractivity (Wildman–Crippen MR) is 122 cm³/mol. The fraction of sp³-hybridized carbons (Fsp3) is 0.174. The molecule has 1 aromatic heterocycles. The molecule has 10 heteroatoms. The van der Waals surface area contributed by atoms with Crippen molar-refractivity contribution in [1.29, 1.82) is 0 Å². The second-order valence-corrected chi connectivity index (χ2v) is 8.20. The van der Waals surface area contributed by atoms with Crippen molar-refractivity contribution in [2.75, 3.05) is 14.2 Å². The zero-order valence-electron chi connectivity index (χ0n) is 18.0. The molecule has 0 bridgehead atoms. The number of nitro benzene ring substituents is 1. The molecule has 2 aromatic carbocycles. The molecule has 0 N–H and O–H groups in total. The maximum absolute atomic E-state index is 13.4. The van der Waals surface area contributed by atoms with Gasteiger partial charge >= 0.3 is 5.97 Å². The Kier molecular flexibility index (Phi) is 5.93. The van der Waals surface area contributed by atoms with Gasteiger partial charge in [-0.2, -0.15) is 0 Å². The number of non-ortho nitro benzene ring substituents is 1. The van der Waals surface area contributed by atoms with Gasteiger partial charge in [0.2, 0.25) is 0 Å². The van der Waals surface area contributed by atoms with Crippen LogP contribution >= 0.6 is 11.3 Å². The highest BCUT2D eigenvalue weighted by atomic mass is 32.1. The fourth-order valence-corrected chi connectivity index (χ4v) is 4.68. The van der Waals surface area contributed by atoms with Crippen LogP contribution in [0.2, 0.25) is 0 Å². The van der Waals surface area contributed by atoms with E-state index in [4.69, 9.17) is 9.47 Å². The van der Waals surface area contributed by atoms with E-state index >= 15 is 0 Å². The maximum atomic E-state index is 13.4. The first-order valence-electron chi connectivity index (χ1n) is 9.83. The molecule has 168 valence electrons. The van der Waals surface area contributed by atoms with E-state index in [2.05, 4.69) is 4.99 Å². The topological polar surface area (TPSA) is 113 Å². The molecule has 9 nitrogen and oxygen atoms in total. The van der Waals surface area contributed by atoms with Gasteiger partial charge in [0.15, 0.2) is 4.80 Å². The van der Waals surface area contributed by atoms with Gasteiger partial charge in [0, 0.05) is 12.1 Å². The van der Waals surface area contributed by atoms with Crippen LogP contribution in [0.25, 0.3) is 6.08 Å². The molecular formula is C23H19N3O6S. The average Bonchev–Trinajstić information content (AvgIpc) is 3.12. The first-order valence-corrected chi connectivity index (χ1v) is 10.6. The second kappa shape index (κ2) is 8.83. The number of thiazole rings is 1. The van der Waals surface area contributed by atoms with Gasteiger partial charge < -0.3 is 9.47 Å². The molecule has 0 aliphatic carbocycles.